The smallest absolute Gasteiger partial charge is 0.240 e. The van der Waals surface area contributed by atoms with Gasteiger partial charge in [0.2, 0.25) is 15.9 Å². The highest BCUT2D eigenvalue weighted by Crippen LogP contribution is 2.22. The van der Waals surface area contributed by atoms with Crippen LogP contribution in [0.2, 0.25) is 5.02 Å². The van der Waals surface area contributed by atoms with Crippen molar-refractivity contribution in [2.45, 2.75) is 24.8 Å². The molecule has 0 aliphatic rings. The molecule has 2 aromatic carbocycles. The van der Waals surface area contributed by atoms with Crippen LogP contribution < -0.4 is 10.0 Å². The summed E-state index contributed by atoms with van der Waals surface area (Å²) < 4.78 is 27.0. The van der Waals surface area contributed by atoms with Crippen molar-refractivity contribution in [3.05, 3.63) is 64.7 Å². The molecule has 1 amide bonds. The van der Waals surface area contributed by atoms with Crippen molar-refractivity contribution < 1.29 is 13.2 Å². The lowest BCUT2D eigenvalue weighted by atomic mass is 10.2. The Morgan fingerprint density at radius 1 is 1.08 bits per heavy atom. The average Bonchev–Trinajstić information content (AvgIpc) is 2.56. The number of hydrogen-bond acceptors (Lipinski definition) is 3. The van der Waals surface area contributed by atoms with Gasteiger partial charge in [0.15, 0.2) is 0 Å². The summed E-state index contributed by atoms with van der Waals surface area (Å²) in [6, 6.07) is 14.2. The third kappa shape index (κ3) is 5.06. The molecule has 0 fully saturated rings. The first kappa shape index (κ1) is 18.4. The Morgan fingerprint density at radius 2 is 1.79 bits per heavy atom. The second-order valence-electron chi connectivity index (χ2n) is 5.27. The lowest BCUT2D eigenvalue weighted by Gasteiger charge is -2.10. The van der Waals surface area contributed by atoms with Crippen LogP contribution in [0, 0.1) is 6.92 Å². The molecule has 0 aromatic heterocycles. The van der Waals surface area contributed by atoms with Gasteiger partial charge in [-0.05, 0) is 30.2 Å². The van der Waals surface area contributed by atoms with Crippen LogP contribution in [0.1, 0.15) is 17.5 Å². The van der Waals surface area contributed by atoms with Crippen LogP contribution >= 0.6 is 11.6 Å². The monoisotopic (exact) mass is 366 g/mol. The normalized spacial score (nSPS) is 11.2. The molecule has 0 aliphatic heterocycles. The van der Waals surface area contributed by atoms with E-state index in [1.807, 2.05) is 30.3 Å². The molecule has 0 bridgehead atoms. The molecular formula is C17H19ClN2O3S. The number of carbonyl (C=O) groups is 1. The second kappa shape index (κ2) is 8.28. The zero-order chi connectivity index (χ0) is 17.6. The van der Waals surface area contributed by atoms with E-state index in [1.54, 1.807) is 19.1 Å². The minimum absolute atomic E-state index is 0.0227. The molecule has 0 heterocycles. The summed E-state index contributed by atoms with van der Waals surface area (Å²) in [7, 11) is -3.69. The Bertz CT molecular complexity index is 808. The number of nitrogens with one attached hydrogen (secondary N) is 2. The molecule has 0 radical (unpaired) electrons. The topological polar surface area (TPSA) is 75.3 Å². The van der Waals surface area contributed by atoms with Crippen LogP contribution in [0.5, 0.6) is 0 Å². The third-order valence-electron chi connectivity index (χ3n) is 3.48. The highest BCUT2D eigenvalue weighted by Gasteiger charge is 2.17. The minimum atomic E-state index is -3.69. The maximum absolute atomic E-state index is 12.3. The summed E-state index contributed by atoms with van der Waals surface area (Å²) in [5.74, 6) is -0.218. The minimum Gasteiger partial charge on any atom is -0.352 e. The van der Waals surface area contributed by atoms with Gasteiger partial charge in [-0.2, -0.15) is 0 Å². The number of hydrogen-bond donors (Lipinski definition) is 2. The van der Waals surface area contributed by atoms with E-state index in [4.69, 9.17) is 11.6 Å². The van der Waals surface area contributed by atoms with Crippen molar-refractivity contribution >= 4 is 27.5 Å². The van der Waals surface area contributed by atoms with Gasteiger partial charge in [-0.1, -0.05) is 48.0 Å². The van der Waals surface area contributed by atoms with E-state index < -0.39 is 10.0 Å². The standard InChI is InChI=1S/C17H19ClN2O3S/c1-13-15(18)8-5-9-16(13)24(22,23)20-11-10-17(21)19-12-14-6-3-2-4-7-14/h2-9,20H,10-12H2,1H3,(H,19,21). The van der Waals surface area contributed by atoms with Crippen molar-refractivity contribution in [1.29, 1.82) is 0 Å². The van der Waals surface area contributed by atoms with Gasteiger partial charge < -0.3 is 5.32 Å². The fourth-order valence-corrected chi connectivity index (χ4v) is 3.67. The summed E-state index contributed by atoms with van der Waals surface area (Å²) in [5, 5.41) is 3.14. The van der Waals surface area contributed by atoms with Gasteiger partial charge in [0, 0.05) is 24.5 Å². The zero-order valence-electron chi connectivity index (χ0n) is 13.3. The van der Waals surface area contributed by atoms with E-state index >= 15 is 0 Å². The molecule has 7 heteroatoms. The predicted octanol–water partition coefficient (Wildman–Crippen LogP) is 2.63. The van der Waals surface area contributed by atoms with E-state index in [0.29, 0.717) is 17.1 Å². The molecule has 0 aliphatic carbocycles. The van der Waals surface area contributed by atoms with Crippen molar-refractivity contribution in [2.24, 2.45) is 0 Å². The van der Waals surface area contributed by atoms with Crippen molar-refractivity contribution in [3.63, 3.8) is 0 Å². The Hall–Kier alpha value is -1.89. The number of sulfonamides is 1. The highest BCUT2D eigenvalue weighted by molar-refractivity contribution is 7.89. The Morgan fingerprint density at radius 3 is 2.50 bits per heavy atom. The molecule has 2 N–H and O–H groups in total. The molecular weight excluding hydrogens is 348 g/mol. The molecule has 5 nitrogen and oxygen atoms in total. The largest absolute Gasteiger partial charge is 0.352 e. The van der Waals surface area contributed by atoms with Crippen LogP contribution in [0.25, 0.3) is 0 Å². The molecule has 128 valence electrons. The van der Waals surface area contributed by atoms with Gasteiger partial charge in [-0.3, -0.25) is 4.79 Å². The van der Waals surface area contributed by atoms with Crippen molar-refractivity contribution in [3.8, 4) is 0 Å². The van der Waals surface area contributed by atoms with E-state index in [9.17, 15) is 13.2 Å². The van der Waals surface area contributed by atoms with E-state index in [0.717, 1.165) is 5.56 Å². The molecule has 2 aromatic rings. The highest BCUT2D eigenvalue weighted by atomic mass is 35.5. The molecule has 0 atom stereocenters. The zero-order valence-corrected chi connectivity index (χ0v) is 14.8. The van der Waals surface area contributed by atoms with Crippen LogP contribution in [0.3, 0.4) is 0 Å². The Labute approximate surface area is 147 Å². The van der Waals surface area contributed by atoms with Crippen molar-refractivity contribution in [1.82, 2.24) is 10.0 Å². The van der Waals surface area contributed by atoms with E-state index in [1.165, 1.54) is 6.07 Å². The second-order valence-corrected chi connectivity index (χ2v) is 7.42. The number of benzene rings is 2. The molecule has 0 unspecified atom stereocenters. The summed E-state index contributed by atoms with van der Waals surface area (Å²) in [6.45, 7) is 2.08. The molecule has 0 saturated carbocycles. The summed E-state index contributed by atoms with van der Waals surface area (Å²) >= 11 is 5.95. The van der Waals surface area contributed by atoms with Gasteiger partial charge >= 0.3 is 0 Å². The van der Waals surface area contributed by atoms with Crippen molar-refractivity contribution in [2.75, 3.05) is 6.54 Å². The van der Waals surface area contributed by atoms with Gasteiger partial charge in [0.05, 0.1) is 4.90 Å². The fourth-order valence-electron chi connectivity index (χ4n) is 2.14. The predicted molar refractivity (Wildman–Crippen MR) is 94.3 cm³/mol. The summed E-state index contributed by atoms with van der Waals surface area (Å²) in [5.41, 5.74) is 1.47. The molecule has 0 saturated heterocycles. The van der Waals surface area contributed by atoms with Gasteiger partial charge in [-0.15, -0.1) is 0 Å². The Balaban J connectivity index is 1.84. The van der Waals surface area contributed by atoms with Gasteiger partial charge in [-0.25, -0.2) is 13.1 Å². The van der Waals surface area contributed by atoms with Crippen LogP contribution in [0.15, 0.2) is 53.4 Å². The van der Waals surface area contributed by atoms with Crippen LogP contribution in [-0.2, 0) is 21.4 Å². The molecule has 24 heavy (non-hydrogen) atoms. The third-order valence-corrected chi connectivity index (χ3v) is 5.50. The first-order valence-electron chi connectivity index (χ1n) is 7.45. The van der Waals surface area contributed by atoms with Crippen LogP contribution in [0.4, 0.5) is 0 Å². The summed E-state index contributed by atoms with van der Waals surface area (Å²) in [4.78, 5) is 11.9. The first-order chi connectivity index (χ1) is 11.4. The summed E-state index contributed by atoms with van der Waals surface area (Å²) in [6.07, 6.45) is 0.0612. The number of rotatable bonds is 7. The molecule has 0 spiro atoms. The maximum atomic E-state index is 12.3. The van der Waals surface area contributed by atoms with E-state index in [2.05, 4.69) is 10.0 Å². The number of halogens is 1. The fraction of sp³-hybridized carbons (Fsp3) is 0.235. The number of carbonyl (C=O) groups excluding carboxylic acids is 1. The molecule has 2 rings (SSSR count). The van der Waals surface area contributed by atoms with E-state index in [-0.39, 0.29) is 23.8 Å². The maximum Gasteiger partial charge on any atom is 0.240 e. The lowest BCUT2D eigenvalue weighted by Crippen LogP contribution is -2.30. The SMILES string of the molecule is Cc1c(Cl)cccc1S(=O)(=O)NCCC(=O)NCc1ccccc1. The number of amides is 1. The first-order valence-corrected chi connectivity index (χ1v) is 9.31. The quantitative estimate of drug-likeness (QED) is 0.791. The van der Waals surface area contributed by atoms with Gasteiger partial charge in [0.25, 0.3) is 0 Å². The average molecular weight is 367 g/mol. The lowest BCUT2D eigenvalue weighted by molar-refractivity contribution is -0.121. The van der Waals surface area contributed by atoms with Gasteiger partial charge in [0.1, 0.15) is 0 Å². The Kier molecular flexibility index (Phi) is 6.36. The van der Waals surface area contributed by atoms with Crippen LogP contribution in [-0.4, -0.2) is 20.9 Å².